The van der Waals surface area contributed by atoms with Gasteiger partial charge in [0.05, 0.1) is 25.5 Å². The van der Waals surface area contributed by atoms with Gasteiger partial charge < -0.3 is 23.7 Å². The Hall–Kier alpha value is -2.07. The third-order valence-electron chi connectivity index (χ3n) is 5.11. The van der Waals surface area contributed by atoms with Crippen molar-refractivity contribution >= 4 is 48.7 Å². The molecule has 0 unspecified atom stereocenters. The van der Waals surface area contributed by atoms with Crippen molar-refractivity contribution in [1.29, 1.82) is 0 Å². The van der Waals surface area contributed by atoms with Crippen LogP contribution in [-0.4, -0.2) is 40.1 Å². The molecule has 0 bridgehead atoms. The minimum atomic E-state index is -3.45. The lowest BCUT2D eigenvalue weighted by molar-refractivity contribution is 0.135. The highest BCUT2D eigenvalue weighted by Gasteiger charge is 2.26. The lowest BCUT2D eigenvalue weighted by Crippen LogP contribution is -2.27. The van der Waals surface area contributed by atoms with Gasteiger partial charge in [-0.2, -0.15) is 0 Å². The first kappa shape index (κ1) is 30.5. The van der Waals surface area contributed by atoms with Crippen molar-refractivity contribution in [3.05, 3.63) is 69.9 Å². The van der Waals surface area contributed by atoms with E-state index in [-0.39, 0.29) is 32.0 Å². The van der Waals surface area contributed by atoms with Crippen LogP contribution in [0.3, 0.4) is 0 Å². The second-order valence-electron chi connectivity index (χ2n) is 8.38. The fourth-order valence-corrected chi connectivity index (χ4v) is 6.78. The highest BCUT2D eigenvalue weighted by molar-refractivity contribution is 7.99. The smallest absolute Gasteiger partial charge is 0.408 e. The summed E-state index contributed by atoms with van der Waals surface area (Å²) < 4.78 is 30.5. The number of aromatic nitrogens is 3. The molecule has 2 heterocycles. The van der Waals surface area contributed by atoms with Gasteiger partial charge in [0.25, 0.3) is 0 Å². The number of pyridine rings is 1. The SMILES string of the molecule is CCOP(=O)(CNC(=O)OCc1nc(C(C)C)c(Sc2cc(Cl)cc(Cl)c2)n1Cc1ccncc1)OCC. The van der Waals surface area contributed by atoms with E-state index in [2.05, 4.69) is 10.3 Å². The van der Waals surface area contributed by atoms with Gasteiger partial charge in [0, 0.05) is 27.3 Å². The Morgan fingerprint density at radius 2 is 1.74 bits per heavy atom. The zero-order valence-corrected chi connectivity index (χ0v) is 24.9. The summed E-state index contributed by atoms with van der Waals surface area (Å²) in [5.41, 5.74) is 1.84. The van der Waals surface area contributed by atoms with Crippen molar-refractivity contribution in [2.75, 3.05) is 19.5 Å². The number of benzene rings is 1. The number of nitrogens with zero attached hydrogens (tertiary/aromatic N) is 3. The van der Waals surface area contributed by atoms with Crippen molar-refractivity contribution in [2.45, 2.75) is 56.7 Å². The number of nitrogens with one attached hydrogen (secondary N) is 1. The molecule has 0 radical (unpaired) electrons. The highest BCUT2D eigenvalue weighted by Crippen LogP contribution is 2.46. The van der Waals surface area contributed by atoms with E-state index in [0.29, 0.717) is 22.4 Å². The number of imidazole rings is 1. The lowest BCUT2D eigenvalue weighted by atomic mass is 10.1. The molecular formula is C25H31Cl2N4O5PS. The predicted molar refractivity (Wildman–Crippen MR) is 149 cm³/mol. The summed E-state index contributed by atoms with van der Waals surface area (Å²) in [5.74, 6) is 0.635. The topological polar surface area (TPSA) is 105 Å². The minimum Gasteiger partial charge on any atom is -0.441 e. The first-order valence-corrected chi connectivity index (χ1v) is 15.3. The van der Waals surface area contributed by atoms with Crippen molar-refractivity contribution in [1.82, 2.24) is 19.9 Å². The molecule has 0 saturated heterocycles. The number of ether oxygens (including phenoxy) is 1. The molecule has 13 heteroatoms. The maximum absolute atomic E-state index is 12.6. The van der Waals surface area contributed by atoms with Crippen LogP contribution in [0.15, 0.2) is 52.6 Å². The van der Waals surface area contributed by atoms with E-state index < -0.39 is 13.7 Å². The lowest BCUT2D eigenvalue weighted by Gasteiger charge is -2.17. The number of hydrogen-bond donors (Lipinski definition) is 1. The summed E-state index contributed by atoms with van der Waals surface area (Å²) >= 11 is 14.0. The molecule has 206 valence electrons. The average Bonchev–Trinajstić information content (AvgIpc) is 3.19. The quantitative estimate of drug-likeness (QED) is 0.203. The van der Waals surface area contributed by atoms with Crippen LogP contribution >= 0.6 is 42.6 Å². The summed E-state index contributed by atoms with van der Waals surface area (Å²) in [5, 5.41) is 4.42. The van der Waals surface area contributed by atoms with Gasteiger partial charge in [-0.1, -0.05) is 48.8 Å². The Morgan fingerprint density at radius 3 is 2.32 bits per heavy atom. The normalized spacial score (nSPS) is 11.7. The fourth-order valence-electron chi connectivity index (χ4n) is 3.49. The third kappa shape index (κ3) is 8.73. The fraction of sp³-hybridized carbons (Fsp3) is 0.400. The van der Waals surface area contributed by atoms with Gasteiger partial charge in [-0.05, 0) is 55.7 Å². The van der Waals surface area contributed by atoms with Gasteiger partial charge in [0.2, 0.25) is 0 Å². The molecule has 1 N–H and O–H groups in total. The molecule has 38 heavy (non-hydrogen) atoms. The number of rotatable bonds is 13. The third-order valence-corrected chi connectivity index (χ3v) is 8.49. The van der Waals surface area contributed by atoms with E-state index in [1.807, 2.05) is 42.7 Å². The first-order chi connectivity index (χ1) is 18.1. The Morgan fingerprint density at radius 1 is 1.11 bits per heavy atom. The number of carbonyl (C=O) groups excluding carboxylic acids is 1. The number of amides is 1. The van der Waals surface area contributed by atoms with E-state index in [1.54, 1.807) is 32.3 Å². The van der Waals surface area contributed by atoms with Gasteiger partial charge in [0.1, 0.15) is 17.1 Å². The van der Waals surface area contributed by atoms with Gasteiger partial charge in [-0.3, -0.25) is 9.55 Å². The summed E-state index contributed by atoms with van der Waals surface area (Å²) in [6, 6.07) is 9.18. The molecule has 1 aromatic carbocycles. The molecule has 1 amide bonds. The van der Waals surface area contributed by atoms with Gasteiger partial charge >= 0.3 is 13.7 Å². The van der Waals surface area contributed by atoms with Crippen molar-refractivity contribution < 1.29 is 23.1 Å². The molecular weight excluding hydrogens is 570 g/mol. The monoisotopic (exact) mass is 600 g/mol. The first-order valence-electron chi connectivity index (χ1n) is 12.0. The van der Waals surface area contributed by atoms with Crippen LogP contribution in [-0.2, 0) is 31.5 Å². The molecule has 0 fully saturated rings. The van der Waals surface area contributed by atoms with E-state index in [1.165, 1.54) is 11.8 Å². The second kappa shape index (κ2) is 14.4. The van der Waals surface area contributed by atoms with Gasteiger partial charge in [-0.15, -0.1) is 0 Å². The van der Waals surface area contributed by atoms with Crippen LogP contribution in [0, 0.1) is 0 Å². The van der Waals surface area contributed by atoms with Crippen LogP contribution < -0.4 is 5.32 Å². The molecule has 0 spiro atoms. The van der Waals surface area contributed by atoms with Crippen molar-refractivity contribution in [3.8, 4) is 0 Å². The molecule has 0 aliphatic carbocycles. The van der Waals surface area contributed by atoms with E-state index in [0.717, 1.165) is 21.2 Å². The number of alkyl carbamates (subject to hydrolysis) is 1. The van der Waals surface area contributed by atoms with Crippen molar-refractivity contribution in [2.24, 2.45) is 0 Å². The van der Waals surface area contributed by atoms with Crippen LogP contribution in [0.1, 0.15) is 50.7 Å². The standard InChI is InChI=1S/C25H31Cl2N4O5PS/c1-5-35-37(33,36-6-2)16-29-25(32)34-15-22-30-23(17(3)4)24(31(22)14-18-7-9-28-10-8-18)38-21-12-19(26)11-20(27)13-21/h7-13,17H,5-6,14-16H2,1-4H3,(H,29,32). The molecule has 2 aromatic heterocycles. The summed E-state index contributed by atoms with van der Waals surface area (Å²) in [7, 11) is -3.45. The molecule has 0 aliphatic rings. The maximum Gasteiger partial charge on any atom is 0.408 e. The van der Waals surface area contributed by atoms with Crippen LogP contribution in [0.25, 0.3) is 0 Å². The average molecular weight is 601 g/mol. The Kier molecular flexibility index (Phi) is 11.5. The number of carbonyl (C=O) groups is 1. The summed E-state index contributed by atoms with van der Waals surface area (Å²) in [4.78, 5) is 22.3. The van der Waals surface area contributed by atoms with Crippen LogP contribution in [0.5, 0.6) is 0 Å². The minimum absolute atomic E-state index is 0.0849. The molecule has 3 rings (SSSR count). The summed E-state index contributed by atoms with van der Waals surface area (Å²) in [6.45, 7) is 8.24. The van der Waals surface area contributed by atoms with Gasteiger partial charge in [0.15, 0.2) is 6.61 Å². The van der Waals surface area contributed by atoms with Crippen molar-refractivity contribution in [3.63, 3.8) is 0 Å². The van der Waals surface area contributed by atoms with E-state index in [4.69, 9.17) is 42.0 Å². The number of hydrogen-bond acceptors (Lipinski definition) is 8. The molecule has 0 saturated carbocycles. The zero-order chi connectivity index (χ0) is 27.7. The Bertz CT molecular complexity index is 1250. The Balaban J connectivity index is 1.88. The largest absolute Gasteiger partial charge is 0.441 e. The summed E-state index contributed by atoms with van der Waals surface area (Å²) in [6.07, 6.45) is 2.38. The highest BCUT2D eigenvalue weighted by atomic mass is 35.5. The van der Waals surface area contributed by atoms with E-state index in [9.17, 15) is 9.36 Å². The molecule has 0 atom stereocenters. The van der Waals surface area contributed by atoms with Crippen LogP contribution in [0.4, 0.5) is 4.79 Å². The molecule has 0 aliphatic heterocycles. The van der Waals surface area contributed by atoms with Crippen LogP contribution in [0.2, 0.25) is 10.0 Å². The number of halogens is 2. The van der Waals surface area contributed by atoms with E-state index >= 15 is 0 Å². The zero-order valence-electron chi connectivity index (χ0n) is 21.6. The molecule has 9 nitrogen and oxygen atoms in total. The maximum atomic E-state index is 12.6. The second-order valence-corrected chi connectivity index (χ2v) is 12.4. The molecule has 3 aromatic rings. The van der Waals surface area contributed by atoms with Gasteiger partial charge in [-0.25, -0.2) is 9.78 Å². The predicted octanol–water partition coefficient (Wildman–Crippen LogP) is 7.36. The Labute approximate surface area is 237 Å².